The summed E-state index contributed by atoms with van der Waals surface area (Å²) in [5.41, 5.74) is 1.07. The van der Waals surface area contributed by atoms with E-state index in [0.29, 0.717) is 5.69 Å². The molecular weight excluding hydrogens is 229 g/mol. The Bertz CT molecular complexity index is 725. The van der Waals surface area contributed by atoms with E-state index in [1.807, 2.05) is 12.1 Å². The van der Waals surface area contributed by atoms with Crippen LogP contribution in [0.5, 0.6) is 5.75 Å². The highest BCUT2D eigenvalue weighted by Gasteiger charge is 2.06. The van der Waals surface area contributed by atoms with E-state index in [4.69, 9.17) is 0 Å². The molecule has 0 atom stereocenters. The van der Waals surface area contributed by atoms with Crippen molar-refractivity contribution in [3.63, 3.8) is 0 Å². The highest BCUT2D eigenvalue weighted by atomic mass is 19.1. The van der Waals surface area contributed by atoms with Crippen LogP contribution in [-0.4, -0.2) is 10.1 Å². The Labute approximate surface area is 103 Å². The molecule has 88 valence electrons. The number of fused-ring (bicyclic) bond motifs is 1. The quantitative estimate of drug-likeness (QED) is 0.701. The number of benzene rings is 2. The van der Waals surface area contributed by atoms with E-state index in [9.17, 15) is 9.50 Å². The van der Waals surface area contributed by atoms with Gasteiger partial charge in [-0.3, -0.25) is 4.98 Å². The summed E-state index contributed by atoms with van der Waals surface area (Å²) in [4.78, 5) is 4.05. The summed E-state index contributed by atoms with van der Waals surface area (Å²) in [5, 5.41) is 11.2. The summed E-state index contributed by atoms with van der Waals surface area (Å²) in [6.07, 6.45) is 1.57. The lowest BCUT2D eigenvalue weighted by atomic mass is 10.0. The second-order valence-corrected chi connectivity index (χ2v) is 4.08. The molecule has 0 saturated carbocycles. The number of rotatable bonds is 1. The molecule has 0 radical (unpaired) electrons. The van der Waals surface area contributed by atoms with Gasteiger partial charge in [0.05, 0.1) is 0 Å². The minimum atomic E-state index is -0.337. The van der Waals surface area contributed by atoms with Crippen molar-refractivity contribution in [1.82, 2.24) is 4.98 Å². The molecule has 3 rings (SSSR count). The standard InChI is InChI=1S/C15H10FNO/c16-14-2-1-7-17-15(14)12-4-3-11-9-13(18)6-5-10(11)8-12/h1-9,18H. The highest BCUT2D eigenvalue weighted by molar-refractivity contribution is 5.87. The molecule has 0 spiro atoms. The maximum absolute atomic E-state index is 13.6. The van der Waals surface area contributed by atoms with Crippen molar-refractivity contribution in [3.05, 3.63) is 60.5 Å². The normalized spacial score (nSPS) is 10.7. The zero-order chi connectivity index (χ0) is 12.5. The first kappa shape index (κ1) is 10.7. The molecule has 0 aliphatic carbocycles. The second-order valence-electron chi connectivity index (χ2n) is 4.08. The lowest BCUT2D eigenvalue weighted by Crippen LogP contribution is -1.88. The monoisotopic (exact) mass is 239 g/mol. The van der Waals surface area contributed by atoms with Crippen LogP contribution < -0.4 is 0 Å². The Balaban J connectivity index is 2.20. The Morgan fingerprint density at radius 1 is 0.944 bits per heavy atom. The average molecular weight is 239 g/mol. The zero-order valence-corrected chi connectivity index (χ0v) is 9.47. The number of nitrogens with zero attached hydrogens (tertiary/aromatic N) is 1. The van der Waals surface area contributed by atoms with E-state index in [2.05, 4.69) is 4.98 Å². The van der Waals surface area contributed by atoms with Gasteiger partial charge in [-0.05, 0) is 41.1 Å². The summed E-state index contributed by atoms with van der Waals surface area (Å²) >= 11 is 0. The van der Waals surface area contributed by atoms with Crippen molar-refractivity contribution in [3.8, 4) is 17.0 Å². The Kier molecular flexibility index (Phi) is 2.45. The van der Waals surface area contributed by atoms with Gasteiger partial charge in [0.25, 0.3) is 0 Å². The van der Waals surface area contributed by atoms with Gasteiger partial charge < -0.3 is 5.11 Å². The lowest BCUT2D eigenvalue weighted by Gasteiger charge is -2.04. The van der Waals surface area contributed by atoms with Gasteiger partial charge in [-0.15, -0.1) is 0 Å². The number of hydrogen-bond acceptors (Lipinski definition) is 2. The largest absolute Gasteiger partial charge is 0.508 e. The van der Waals surface area contributed by atoms with Gasteiger partial charge in [-0.2, -0.15) is 0 Å². The molecule has 1 heterocycles. The second kappa shape index (κ2) is 4.11. The molecule has 0 fully saturated rings. The SMILES string of the molecule is Oc1ccc2cc(-c3ncccc3F)ccc2c1. The molecule has 1 aromatic heterocycles. The third-order valence-electron chi connectivity index (χ3n) is 2.86. The van der Waals surface area contributed by atoms with Gasteiger partial charge in [0.2, 0.25) is 0 Å². The first-order valence-electron chi connectivity index (χ1n) is 5.58. The molecule has 18 heavy (non-hydrogen) atoms. The predicted octanol–water partition coefficient (Wildman–Crippen LogP) is 3.75. The van der Waals surface area contributed by atoms with Crippen LogP contribution in [0.3, 0.4) is 0 Å². The van der Waals surface area contributed by atoms with Gasteiger partial charge >= 0.3 is 0 Å². The van der Waals surface area contributed by atoms with E-state index < -0.39 is 0 Å². The zero-order valence-electron chi connectivity index (χ0n) is 9.47. The molecule has 0 saturated heterocycles. The maximum atomic E-state index is 13.6. The van der Waals surface area contributed by atoms with Crippen molar-refractivity contribution < 1.29 is 9.50 Å². The molecule has 0 unspecified atom stereocenters. The van der Waals surface area contributed by atoms with E-state index in [-0.39, 0.29) is 11.6 Å². The van der Waals surface area contributed by atoms with Crippen molar-refractivity contribution in [2.24, 2.45) is 0 Å². The van der Waals surface area contributed by atoms with Crippen LogP contribution in [-0.2, 0) is 0 Å². The van der Waals surface area contributed by atoms with Crippen molar-refractivity contribution >= 4 is 10.8 Å². The fourth-order valence-corrected chi connectivity index (χ4v) is 1.98. The van der Waals surface area contributed by atoms with Crippen LogP contribution >= 0.6 is 0 Å². The lowest BCUT2D eigenvalue weighted by molar-refractivity contribution is 0.476. The highest BCUT2D eigenvalue weighted by Crippen LogP contribution is 2.26. The average Bonchev–Trinajstić information content (AvgIpc) is 2.39. The van der Waals surface area contributed by atoms with E-state index in [1.54, 1.807) is 36.5 Å². The van der Waals surface area contributed by atoms with Crippen molar-refractivity contribution in [2.45, 2.75) is 0 Å². The van der Waals surface area contributed by atoms with Crippen LogP contribution in [0.25, 0.3) is 22.0 Å². The minimum Gasteiger partial charge on any atom is -0.508 e. The summed E-state index contributed by atoms with van der Waals surface area (Å²) < 4.78 is 13.6. The Morgan fingerprint density at radius 2 is 1.72 bits per heavy atom. The van der Waals surface area contributed by atoms with Crippen LogP contribution in [0, 0.1) is 5.82 Å². The number of aromatic hydroxyl groups is 1. The summed E-state index contributed by atoms with van der Waals surface area (Å²) in [6.45, 7) is 0. The molecular formula is C15H10FNO. The van der Waals surface area contributed by atoms with Gasteiger partial charge in [0.15, 0.2) is 0 Å². The number of aromatic nitrogens is 1. The molecule has 1 N–H and O–H groups in total. The van der Waals surface area contributed by atoms with Crippen LogP contribution in [0.4, 0.5) is 4.39 Å². The van der Waals surface area contributed by atoms with E-state index in [1.165, 1.54) is 6.07 Å². The predicted molar refractivity (Wildman–Crippen MR) is 68.8 cm³/mol. The first-order chi connectivity index (χ1) is 8.74. The van der Waals surface area contributed by atoms with Gasteiger partial charge in [-0.25, -0.2) is 4.39 Å². The molecule has 0 aliphatic heterocycles. The summed E-state index contributed by atoms with van der Waals surface area (Å²) in [6, 6.07) is 13.6. The Morgan fingerprint density at radius 3 is 2.56 bits per heavy atom. The van der Waals surface area contributed by atoms with Gasteiger partial charge in [-0.1, -0.05) is 18.2 Å². The van der Waals surface area contributed by atoms with E-state index >= 15 is 0 Å². The summed E-state index contributed by atoms with van der Waals surface area (Å²) in [7, 11) is 0. The van der Waals surface area contributed by atoms with Gasteiger partial charge in [0.1, 0.15) is 17.3 Å². The number of phenols is 1. The third kappa shape index (κ3) is 1.80. The van der Waals surface area contributed by atoms with Crippen LogP contribution in [0.1, 0.15) is 0 Å². The van der Waals surface area contributed by atoms with Gasteiger partial charge in [0, 0.05) is 11.8 Å². The van der Waals surface area contributed by atoms with Crippen molar-refractivity contribution in [1.29, 1.82) is 0 Å². The number of halogens is 1. The fraction of sp³-hybridized carbons (Fsp3) is 0. The molecule has 2 nitrogen and oxygen atoms in total. The molecule has 3 aromatic rings. The molecule has 3 heteroatoms. The van der Waals surface area contributed by atoms with Crippen molar-refractivity contribution in [2.75, 3.05) is 0 Å². The number of pyridine rings is 1. The van der Waals surface area contributed by atoms with E-state index in [0.717, 1.165) is 16.3 Å². The summed E-state index contributed by atoms with van der Waals surface area (Å²) in [5.74, 6) is -0.116. The number of hydrogen-bond donors (Lipinski definition) is 1. The first-order valence-corrected chi connectivity index (χ1v) is 5.58. The third-order valence-corrected chi connectivity index (χ3v) is 2.86. The molecule has 0 amide bonds. The molecule has 2 aromatic carbocycles. The van der Waals surface area contributed by atoms with Crippen LogP contribution in [0.15, 0.2) is 54.7 Å². The smallest absolute Gasteiger partial charge is 0.149 e. The minimum absolute atomic E-state index is 0.222. The Hall–Kier alpha value is -2.42. The number of phenolic OH excluding ortho intramolecular Hbond substituents is 1. The molecule has 0 bridgehead atoms. The van der Waals surface area contributed by atoms with Crippen LogP contribution in [0.2, 0.25) is 0 Å². The molecule has 0 aliphatic rings. The fourth-order valence-electron chi connectivity index (χ4n) is 1.98. The topological polar surface area (TPSA) is 33.1 Å². The maximum Gasteiger partial charge on any atom is 0.149 e.